The standard InChI is InChI=1S/C17H14FN3OS2/c1-11-5-2-3-6-13(11)10-23-17-21-20-16(24-17)19-15(22)12-7-4-8-14(18)9-12/h2-9H,10H2,1H3,(H,19,20,22). The molecule has 0 aliphatic carbocycles. The van der Waals surface area contributed by atoms with Crippen molar-refractivity contribution in [1.29, 1.82) is 0 Å². The molecular weight excluding hydrogens is 345 g/mol. The molecule has 0 radical (unpaired) electrons. The van der Waals surface area contributed by atoms with Gasteiger partial charge in [0.05, 0.1) is 0 Å². The van der Waals surface area contributed by atoms with Crippen molar-refractivity contribution in [2.24, 2.45) is 0 Å². The average molecular weight is 359 g/mol. The molecule has 1 aromatic heterocycles. The molecule has 3 rings (SSSR count). The Morgan fingerprint density at radius 2 is 2.04 bits per heavy atom. The van der Waals surface area contributed by atoms with Crippen LogP contribution in [0.1, 0.15) is 21.5 Å². The number of benzene rings is 2. The highest BCUT2D eigenvalue weighted by Crippen LogP contribution is 2.29. The molecule has 3 aromatic rings. The predicted octanol–water partition coefficient (Wildman–Crippen LogP) is 4.53. The van der Waals surface area contributed by atoms with Gasteiger partial charge in [-0.05, 0) is 36.2 Å². The van der Waals surface area contributed by atoms with Gasteiger partial charge in [-0.2, -0.15) is 0 Å². The summed E-state index contributed by atoms with van der Waals surface area (Å²) in [6.45, 7) is 2.07. The normalized spacial score (nSPS) is 10.6. The van der Waals surface area contributed by atoms with Gasteiger partial charge in [-0.3, -0.25) is 10.1 Å². The Balaban J connectivity index is 1.61. The van der Waals surface area contributed by atoms with E-state index in [1.165, 1.54) is 40.7 Å². The molecule has 2 aromatic carbocycles. The molecule has 0 bridgehead atoms. The molecule has 7 heteroatoms. The van der Waals surface area contributed by atoms with Crippen LogP contribution in [0.2, 0.25) is 0 Å². The smallest absolute Gasteiger partial charge is 0.257 e. The summed E-state index contributed by atoms with van der Waals surface area (Å²) in [4.78, 5) is 12.1. The predicted molar refractivity (Wildman–Crippen MR) is 95.0 cm³/mol. The van der Waals surface area contributed by atoms with Crippen LogP contribution in [0, 0.1) is 12.7 Å². The van der Waals surface area contributed by atoms with Crippen molar-refractivity contribution in [2.75, 3.05) is 5.32 Å². The van der Waals surface area contributed by atoms with Crippen LogP contribution in [0.3, 0.4) is 0 Å². The van der Waals surface area contributed by atoms with Gasteiger partial charge in [0.25, 0.3) is 5.91 Å². The van der Waals surface area contributed by atoms with E-state index in [2.05, 4.69) is 34.6 Å². The first-order chi connectivity index (χ1) is 11.6. The van der Waals surface area contributed by atoms with Crippen LogP contribution >= 0.6 is 23.1 Å². The fourth-order valence-electron chi connectivity index (χ4n) is 2.03. The molecule has 0 saturated heterocycles. The molecule has 122 valence electrons. The van der Waals surface area contributed by atoms with Crippen molar-refractivity contribution in [1.82, 2.24) is 10.2 Å². The minimum Gasteiger partial charge on any atom is -0.296 e. The Hall–Kier alpha value is -2.25. The number of nitrogens with zero attached hydrogens (tertiary/aromatic N) is 2. The summed E-state index contributed by atoms with van der Waals surface area (Å²) >= 11 is 2.87. The Bertz CT molecular complexity index is 866. The number of thioether (sulfide) groups is 1. The van der Waals surface area contributed by atoms with Gasteiger partial charge in [0, 0.05) is 11.3 Å². The zero-order valence-corrected chi connectivity index (χ0v) is 14.5. The molecule has 0 atom stereocenters. The lowest BCUT2D eigenvalue weighted by molar-refractivity contribution is 0.102. The maximum atomic E-state index is 13.2. The van der Waals surface area contributed by atoms with Crippen molar-refractivity contribution in [3.8, 4) is 0 Å². The van der Waals surface area contributed by atoms with E-state index in [1.807, 2.05) is 12.1 Å². The molecule has 0 fully saturated rings. The third-order valence-electron chi connectivity index (χ3n) is 3.33. The van der Waals surface area contributed by atoms with Crippen molar-refractivity contribution < 1.29 is 9.18 Å². The first-order valence-electron chi connectivity index (χ1n) is 7.19. The maximum Gasteiger partial charge on any atom is 0.257 e. The van der Waals surface area contributed by atoms with Crippen LogP contribution in [-0.4, -0.2) is 16.1 Å². The SMILES string of the molecule is Cc1ccccc1CSc1nnc(NC(=O)c2cccc(F)c2)s1. The summed E-state index contributed by atoms with van der Waals surface area (Å²) in [5.74, 6) is -0.0606. The van der Waals surface area contributed by atoms with E-state index in [1.54, 1.807) is 17.8 Å². The Morgan fingerprint density at radius 3 is 2.83 bits per heavy atom. The van der Waals surface area contributed by atoms with Crippen LogP contribution in [0.4, 0.5) is 9.52 Å². The largest absolute Gasteiger partial charge is 0.296 e. The van der Waals surface area contributed by atoms with E-state index in [-0.39, 0.29) is 5.56 Å². The van der Waals surface area contributed by atoms with E-state index in [4.69, 9.17) is 0 Å². The monoisotopic (exact) mass is 359 g/mol. The van der Waals surface area contributed by atoms with Crippen LogP contribution < -0.4 is 5.32 Å². The highest BCUT2D eigenvalue weighted by Gasteiger charge is 2.11. The highest BCUT2D eigenvalue weighted by molar-refractivity contribution is 8.00. The summed E-state index contributed by atoms with van der Waals surface area (Å²) in [5, 5.41) is 11.1. The Kier molecular flexibility index (Phi) is 5.22. The lowest BCUT2D eigenvalue weighted by Crippen LogP contribution is -2.11. The van der Waals surface area contributed by atoms with Crippen molar-refractivity contribution in [2.45, 2.75) is 17.0 Å². The molecule has 1 N–H and O–H groups in total. The lowest BCUT2D eigenvalue weighted by atomic mass is 10.1. The number of nitrogens with one attached hydrogen (secondary N) is 1. The summed E-state index contributed by atoms with van der Waals surface area (Å²) in [6.07, 6.45) is 0. The highest BCUT2D eigenvalue weighted by atomic mass is 32.2. The van der Waals surface area contributed by atoms with Gasteiger partial charge in [0.1, 0.15) is 5.82 Å². The fourth-order valence-corrected chi connectivity index (χ4v) is 3.85. The molecule has 0 aliphatic rings. The Labute approximate surface area is 147 Å². The van der Waals surface area contributed by atoms with Gasteiger partial charge in [-0.25, -0.2) is 4.39 Å². The quantitative estimate of drug-likeness (QED) is 0.537. The number of carbonyl (C=O) groups excluding carboxylic acids is 1. The van der Waals surface area contributed by atoms with Gasteiger partial charge in [0.2, 0.25) is 5.13 Å². The van der Waals surface area contributed by atoms with Crippen LogP contribution in [0.5, 0.6) is 0 Å². The summed E-state index contributed by atoms with van der Waals surface area (Å²) in [7, 11) is 0. The topological polar surface area (TPSA) is 54.9 Å². The number of hydrogen-bond donors (Lipinski definition) is 1. The third kappa shape index (κ3) is 4.18. The molecule has 1 heterocycles. The van der Waals surface area contributed by atoms with E-state index >= 15 is 0 Å². The fraction of sp³-hybridized carbons (Fsp3) is 0.118. The molecule has 24 heavy (non-hydrogen) atoms. The minimum atomic E-state index is -0.450. The summed E-state index contributed by atoms with van der Waals surface area (Å²) in [5.41, 5.74) is 2.72. The van der Waals surface area contributed by atoms with Crippen molar-refractivity contribution >= 4 is 34.1 Å². The number of halogens is 1. The summed E-state index contributed by atoms with van der Waals surface area (Å²) in [6, 6.07) is 13.7. The first kappa shape index (κ1) is 16.6. The number of anilines is 1. The van der Waals surface area contributed by atoms with Gasteiger partial charge >= 0.3 is 0 Å². The van der Waals surface area contributed by atoms with Crippen molar-refractivity contribution in [3.63, 3.8) is 0 Å². The zero-order valence-electron chi connectivity index (χ0n) is 12.8. The van der Waals surface area contributed by atoms with Gasteiger partial charge in [-0.15, -0.1) is 10.2 Å². The number of carbonyl (C=O) groups is 1. The van der Waals surface area contributed by atoms with Gasteiger partial charge < -0.3 is 0 Å². The van der Waals surface area contributed by atoms with E-state index < -0.39 is 11.7 Å². The molecule has 0 saturated carbocycles. The minimum absolute atomic E-state index is 0.249. The second-order valence-electron chi connectivity index (χ2n) is 5.05. The third-order valence-corrected chi connectivity index (χ3v) is 5.35. The average Bonchev–Trinajstić information content (AvgIpc) is 3.01. The second-order valence-corrected chi connectivity index (χ2v) is 7.25. The number of aromatic nitrogens is 2. The Morgan fingerprint density at radius 1 is 1.21 bits per heavy atom. The molecule has 0 spiro atoms. The molecular formula is C17H14FN3OS2. The molecule has 0 aliphatic heterocycles. The van der Waals surface area contributed by atoms with Crippen LogP contribution in [0.15, 0.2) is 52.9 Å². The maximum absolute atomic E-state index is 13.2. The van der Waals surface area contributed by atoms with E-state index in [9.17, 15) is 9.18 Å². The molecule has 0 unspecified atom stereocenters. The van der Waals surface area contributed by atoms with E-state index in [0.717, 1.165) is 10.1 Å². The number of amides is 1. The summed E-state index contributed by atoms with van der Waals surface area (Å²) < 4.78 is 13.9. The van der Waals surface area contributed by atoms with Crippen LogP contribution in [-0.2, 0) is 5.75 Å². The zero-order chi connectivity index (χ0) is 16.9. The van der Waals surface area contributed by atoms with Crippen molar-refractivity contribution in [3.05, 3.63) is 71.0 Å². The van der Waals surface area contributed by atoms with Crippen LogP contribution in [0.25, 0.3) is 0 Å². The first-order valence-corrected chi connectivity index (χ1v) is 9.00. The molecule has 1 amide bonds. The number of aryl methyl sites for hydroxylation is 1. The van der Waals surface area contributed by atoms with E-state index in [0.29, 0.717) is 5.13 Å². The lowest BCUT2D eigenvalue weighted by Gasteiger charge is -2.02. The number of hydrogen-bond acceptors (Lipinski definition) is 5. The second kappa shape index (κ2) is 7.55. The van der Waals surface area contributed by atoms with Gasteiger partial charge in [0.15, 0.2) is 4.34 Å². The molecule has 4 nitrogen and oxygen atoms in total. The van der Waals surface area contributed by atoms with Gasteiger partial charge in [-0.1, -0.05) is 53.4 Å². The number of rotatable bonds is 5.